The summed E-state index contributed by atoms with van der Waals surface area (Å²) in [6.07, 6.45) is 0. The van der Waals surface area contributed by atoms with E-state index in [1.54, 1.807) is 0 Å². The van der Waals surface area contributed by atoms with Gasteiger partial charge in [0, 0.05) is 27.2 Å². The van der Waals surface area contributed by atoms with Gasteiger partial charge in [-0.2, -0.15) is 0 Å². The number of pyridine rings is 1. The minimum Gasteiger partial charge on any atom is -0.453 e. The zero-order valence-corrected chi connectivity index (χ0v) is 31.3. The molecule has 1 aliphatic heterocycles. The highest BCUT2D eigenvalue weighted by atomic mass is 16.5. The second kappa shape index (κ2) is 12.8. The highest BCUT2D eigenvalue weighted by Crippen LogP contribution is 2.50. The fraction of sp³-hybridized carbons (Fsp3) is 0. The number of ether oxygens (including phenoxy) is 1. The van der Waals surface area contributed by atoms with Gasteiger partial charge in [0.25, 0.3) is 0 Å². The van der Waals surface area contributed by atoms with Crippen LogP contribution < -0.4 is 9.64 Å². The summed E-state index contributed by atoms with van der Waals surface area (Å²) in [5, 5.41) is 4.79. The summed E-state index contributed by atoms with van der Waals surface area (Å²) in [6, 6.07) is 73.2. The second-order valence-corrected chi connectivity index (χ2v) is 14.8. The van der Waals surface area contributed by atoms with Crippen molar-refractivity contribution in [2.24, 2.45) is 0 Å². The van der Waals surface area contributed by atoms with Gasteiger partial charge in [-0.05, 0) is 101 Å². The lowest BCUT2D eigenvalue weighted by molar-refractivity contribution is 0.476. The zero-order valence-electron chi connectivity index (χ0n) is 31.3. The van der Waals surface area contributed by atoms with E-state index in [4.69, 9.17) is 9.72 Å². The number of fused-ring (bicyclic) bond motifs is 8. The quantitative estimate of drug-likeness (QED) is 0.176. The van der Waals surface area contributed by atoms with Crippen LogP contribution in [0.15, 0.2) is 206 Å². The summed E-state index contributed by atoms with van der Waals surface area (Å²) >= 11 is 0. The van der Waals surface area contributed by atoms with E-state index < -0.39 is 0 Å². The van der Waals surface area contributed by atoms with Gasteiger partial charge in [0.2, 0.25) is 0 Å². The predicted molar refractivity (Wildman–Crippen MR) is 239 cm³/mol. The molecule has 0 bridgehead atoms. The number of hydrogen-bond donors (Lipinski definition) is 0. The fourth-order valence-electron chi connectivity index (χ4n) is 8.90. The van der Waals surface area contributed by atoms with Gasteiger partial charge < -0.3 is 9.30 Å². The number of rotatable bonds is 5. The fourth-order valence-corrected chi connectivity index (χ4v) is 8.90. The molecule has 0 saturated heterocycles. The molecule has 0 spiro atoms. The third kappa shape index (κ3) is 5.00. The number of aromatic nitrogens is 3. The first-order chi connectivity index (χ1) is 28.8. The molecular weight excluding hydrogens is 709 g/mol. The Kier molecular flexibility index (Phi) is 7.16. The van der Waals surface area contributed by atoms with E-state index in [-0.39, 0.29) is 0 Å². The predicted octanol–water partition coefficient (Wildman–Crippen LogP) is 14.2. The molecule has 0 saturated carbocycles. The maximum atomic E-state index is 6.35. The van der Waals surface area contributed by atoms with E-state index in [0.29, 0.717) is 0 Å². The Morgan fingerprint density at radius 1 is 0.328 bits per heavy atom. The van der Waals surface area contributed by atoms with Gasteiger partial charge in [0.05, 0.1) is 33.4 Å². The average molecular weight is 743 g/mol. The highest BCUT2D eigenvalue weighted by Gasteiger charge is 2.27. The molecule has 0 N–H and O–H groups in total. The maximum Gasteiger partial charge on any atom is 0.151 e. The molecule has 5 nitrogen and oxygen atoms in total. The molecule has 0 radical (unpaired) electrons. The number of nitrogens with zero attached hydrogens (tertiary/aromatic N) is 4. The van der Waals surface area contributed by atoms with Crippen molar-refractivity contribution in [2.45, 2.75) is 0 Å². The van der Waals surface area contributed by atoms with Gasteiger partial charge in [0.15, 0.2) is 11.5 Å². The second-order valence-electron chi connectivity index (χ2n) is 14.8. The van der Waals surface area contributed by atoms with Crippen molar-refractivity contribution < 1.29 is 4.74 Å². The van der Waals surface area contributed by atoms with Crippen LogP contribution in [0.3, 0.4) is 0 Å². The Hall–Kier alpha value is -7.89. The SMILES string of the molecule is c1ccc(-c2cc(-c3ccccc3)cc(-n3c4ccccc4c4cc5c6ccccc6n(-c6cccc(N7c8ccccc8Oc8ccccc87)n6)c5cc43)c2)cc1. The average Bonchev–Trinajstić information content (AvgIpc) is 3.80. The maximum absolute atomic E-state index is 6.35. The summed E-state index contributed by atoms with van der Waals surface area (Å²) in [6.45, 7) is 0. The molecule has 8 aromatic carbocycles. The normalized spacial score (nSPS) is 12.2. The molecule has 0 amide bonds. The summed E-state index contributed by atoms with van der Waals surface area (Å²) in [4.78, 5) is 7.66. The lowest BCUT2D eigenvalue weighted by Gasteiger charge is -2.32. The van der Waals surface area contributed by atoms with Crippen LogP contribution in [-0.2, 0) is 0 Å². The van der Waals surface area contributed by atoms with Crippen LogP contribution in [0.4, 0.5) is 17.2 Å². The van der Waals surface area contributed by atoms with Gasteiger partial charge in [-0.15, -0.1) is 0 Å². The molecule has 0 atom stereocenters. The van der Waals surface area contributed by atoms with Gasteiger partial charge in [-0.3, -0.25) is 9.47 Å². The molecule has 12 rings (SSSR count). The largest absolute Gasteiger partial charge is 0.453 e. The van der Waals surface area contributed by atoms with Crippen LogP contribution in [0.25, 0.3) is 77.4 Å². The molecule has 272 valence electrons. The van der Waals surface area contributed by atoms with Crippen molar-refractivity contribution in [3.05, 3.63) is 206 Å². The first-order valence-electron chi connectivity index (χ1n) is 19.6. The molecule has 58 heavy (non-hydrogen) atoms. The van der Waals surface area contributed by atoms with Crippen LogP contribution in [0.5, 0.6) is 11.5 Å². The smallest absolute Gasteiger partial charge is 0.151 e. The van der Waals surface area contributed by atoms with Gasteiger partial charge in [-0.1, -0.05) is 127 Å². The number of anilines is 3. The molecule has 3 aromatic heterocycles. The Bertz CT molecular complexity index is 3280. The van der Waals surface area contributed by atoms with Crippen molar-refractivity contribution in [1.82, 2.24) is 14.1 Å². The van der Waals surface area contributed by atoms with Crippen molar-refractivity contribution in [2.75, 3.05) is 4.90 Å². The van der Waals surface area contributed by atoms with Crippen LogP contribution in [0.2, 0.25) is 0 Å². The minimum atomic E-state index is 0.798. The molecular formula is C53H34N4O. The molecule has 0 fully saturated rings. The van der Waals surface area contributed by atoms with Crippen molar-refractivity contribution in [1.29, 1.82) is 0 Å². The molecule has 5 heteroatoms. The first kappa shape index (κ1) is 32.4. The van der Waals surface area contributed by atoms with Crippen molar-refractivity contribution in [3.8, 4) is 45.3 Å². The molecule has 1 aliphatic rings. The first-order valence-corrected chi connectivity index (χ1v) is 19.6. The topological polar surface area (TPSA) is 35.2 Å². The summed E-state index contributed by atoms with van der Waals surface area (Å²) in [5.74, 6) is 3.25. The lowest BCUT2D eigenvalue weighted by Crippen LogP contribution is -2.17. The highest BCUT2D eigenvalue weighted by molar-refractivity contribution is 6.19. The van der Waals surface area contributed by atoms with E-state index in [0.717, 1.165) is 62.3 Å². The lowest BCUT2D eigenvalue weighted by atomic mass is 9.98. The Balaban J connectivity index is 1.12. The van der Waals surface area contributed by atoms with Crippen LogP contribution in [0.1, 0.15) is 0 Å². The van der Waals surface area contributed by atoms with Gasteiger partial charge in [-0.25, -0.2) is 4.98 Å². The van der Waals surface area contributed by atoms with Crippen LogP contribution >= 0.6 is 0 Å². The van der Waals surface area contributed by atoms with Crippen LogP contribution in [0, 0.1) is 0 Å². The van der Waals surface area contributed by atoms with Crippen molar-refractivity contribution in [3.63, 3.8) is 0 Å². The molecule has 0 aliphatic carbocycles. The van der Waals surface area contributed by atoms with E-state index in [1.807, 2.05) is 36.4 Å². The zero-order chi connectivity index (χ0) is 38.2. The monoisotopic (exact) mass is 742 g/mol. The third-order valence-corrected chi connectivity index (χ3v) is 11.5. The Morgan fingerprint density at radius 3 is 1.45 bits per heavy atom. The minimum absolute atomic E-state index is 0.798. The third-order valence-electron chi connectivity index (χ3n) is 11.5. The Labute approximate surface area is 334 Å². The summed E-state index contributed by atoms with van der Waals surface area (Å²) in [5.41, 5.74) is 12.2. The number of hydrogen-bond acceptors (Lipinski definition) is 3. The van der Waals surface area contributed by atoms with Crippen LogP contribution in [-0.4, -0.2) is 14.1 Å². The van der Waals surface area contributed by atoms with Crippen molar-refractivity contribution >= 4 is 60.8 Å². The van der Waals surface area contributed by atoms with Gasteiger partial charge >= 0.3 is 0 Å². The van der Waals surface area contributed by atoms with E-state index >= 15 is 0 Å². The van der Waals surface area contributed by atoms with E-state index in [2.05, 4.69) is 184 Å². The molecule has 4 heterocycles. The van der Waals surface area contributed by atoms with E-state index in [9.17, 15) is 0 Å². The van der Waals surface area contributed by atoms with Gasteiger partial charge in [0.1, 0.15) is 11.6 Å². The van der Waals surface area contributed by atoms with E-state index in [1.165, 1.54) is 43.8 Å². The number of benzene rings is 8. The molecule has 0 unspecified atom stereocenters. The standard InChI is InChI=1S/C53H34N4O/c1-3-16-35(17-4-1)37-30-38(36-18-5-2-6-19-36)32-39(31-37)55-44-22-9-7-20-40(44)42-33-43-41-21-8-10-23-45(41)56(49(43)34-48(42)55)52-28-15-29-53(54-52)57-46-24-11-13-26-50(46)58-51-27-14-12-25-47(51)57/h1-34H. The molecule has 11 aromatic rings. The summed E-state index contributed by atoms with van der Waals surface area (Å²) in [7, 11) is 0. The summed E-state index contributed by atoms with van der Waals surface area (Å²) < 4.78 is 11.1. The number of para-hydroxylation sites is 6. The Morgan fingerprint density at radius 2 is 0.828 bits per heavy atom.